The van der Waals surface area contributed by atoms with E-state index in [4.69, 9.17) is 10.5 Å². The summed E-state index contributed by atoms with van der Waals surface area (Å²) in [6.07, 6.45) is 0. The van der Waals surface area contributed by atoms with Crippen molar-refractivity contribution in [1.29, 1.82) is 0 Å². The van der Waals surface area contributed by atoms with Gasteiger partial charge in [0, 0.05) is 18.9 Å². The SMILES string of the molecule is COCc1cccc(-n2c(N)nc3cc(Br)c(F)cc32)c1. The Morgan fingerprint density at radius 2 is 2.14 bits per heavy atom. The molecule has 6 heteroatoms. The van der Waals surface area contributed by atoms with Gasteiger partial charge in [-0.15, -0.1) is 0 Å². The van der Waals surface area contributed by atoms with Crippen molar-refractivity contribution >= 4 is 32.9 Å². The van der Waals surface area contributed by atoms with Crippen molar-refractivity contribution in [3.63, 3.8) is 0 Å². The Morgan fingerprint density at radius 1 is 1.33 bits per heavy atom. The Morgan fingerprint density at radius 3 is 2.90 bits per heavy atom. The highest BCUT2D eigenvalue weighted by Gasteiger charge is 2.13. The summed E-state index contributed by atoms with van der Waals surface area (Å²) in [5.41, 5.74) is 9.09. The van der Waals surface area contributed by atoms with Gasteiger partial charge >= 0.3 is 0 Å². The van der Waals surface area contributed by atoms with E-state index < -0.39 is 0 Å². The van der Waals surface area contributed by atoms with E-state index in [9.17, 15) is 4.39 Å². The van der Waals surface area contributed by atoms with E-state index in [0.29, 0.717) is 28.1 Å². The van der Waals surface area contributed by atoms with Crippen molar-refractivity contribution < 1.29 is 9.13 Å². The van der Waals surface area contributed by atoms with E-state index in [1.807, 2.05) is 24.3 Å². The molecule has 4 nitrogen and oxygen atoms in total. The Labute approximate surface area is 129 Å². The molecule has 3 aromatic rings. The second-order valence-electron chi connectivity index (χ2n) is 4.66. The maximum atomic E-state index is 13.8. The van der Waals surface area contributed by atoms with Gasteiger partial charge in [0.2, 0.25) is 5.95 Å². The van der Waals surface area contributed by atoms with Gasteiger partial charge in [-0.05, 0) is 39.7 Å². The molecular weight excluding hydrogens is 337 g/mol. The molecule has 0 saturated carbocycles. The van der Waals surface area contributed by atoms with Crippen LogP contribution in [0.1, 0.15) is 5.56 Å². The Bertz CT molecular complexity index is 816. The van der Waals surface area contributed by atoms with Crippen molar-refractivity contribution in [2.24, 2.45) is 0 Å². The van der Waals surface area contributed by atoms with Crippen LogP contribution in [0.25, 0.3) is 16.7 Å². The molecule has 1 aromatic heterocycles. The monoisotopic (exact) mass is 349 g/mol. The average molecular weight is 350 g/mol. The second-order valence-corrected chi connectivity index (χ2v) is 5.52. The highest BCUT2D eigenvalue weighted by molar-refractivity contribution is 9.10. The number of ether oxygens (including phenoxy) is 1. The van der Waals surface area contributed by atoms with Crippen molar-refractivity contribution in [2.45, 2.75) is 6.61 Å². The van der Waals surface area contributed by atoms with E-state index in [-0.39, 0.29) is 5.82 Å². The van der Waals surface area contributed by atoms with Gasteiger partial charge < -0.3 is 10.5 Å². The fourth-order valence-electron chi connectivity index (χ4n) is 2.31. The molecule has 0 spiro atoms. The Kier molecular flexibility index (Phi) is 3.65. The van der Waals surface area contributed by atoms with Crippen LogP contribution >= 0.6 is 15.9 Å². The normalized spacial score (nSPS) is 11.2. The lowest BCUT2D eigenvalue weighted by molar-refractivity contribution is 0.185. The molecule has 0 saturated heterocycles. The van der Waals surface area contributed by atoms with Gasteiger partial charge in [0.25, 0.3) is 0 Å². The van der Waals surface area contributed by atoms with Crippen LogP contribution in [0.2, 0.25) is 0 Å². The number of aromatic nitrogens is 2. The van der Waals surface area contributed by atoms with Crippen LogP contribution in [-0.2, 0) is 11.3 Å². The molecule has 0 fully saturated rings. The lowest BCUT2D eigenvalue weighted by Gasteiger charge is -2.09. The van der Waals surface area contributed by atoms with Crippen molar-refractivity contribution in [1.82, 2.24) is 9.55 Å². The Hall–Kier alpha value is -1.92. The van der Waals surface area contributed by atoms with Crippen LogP contribution in [-0.4, -0.2) is 16.7 Å². The van der Waals surface area contributed by atoms with Crippen LogP contribution in [0.5, 0.6) is 0 Å². The number of methoxy groups -OCH3 is 1. The summed E-state index contributed by atoms with van der Waals surface area (Å²) in [4.78, 5) is 4.28. The average Bonchev–Trinajstić information content (AvgIpc) is 2.75. The molecule has 0 unspecified atom stereocenters. The smallest absolute Gasteiger partial charge is 0.205 e. The summed E-state index contributed by atoms with van der Waals surface area (Å²) in [5.74, 6) is -0.0336. The molecule has 0 aliphatic rings. The third kappa shape index (κ3) is 2.52. The van der Waals surface area contributed by atoms with Gasteiger partial charge in [-0.2, -0.15) is 0 Å². The molecule has 2 aromatic carbocycles. The lowest BCUT2D eigenvalue weighted by atomic mass is 10.2. The molecule has 3 rings (SSSR count). The molecule has 21 heavy (non-hydrogen) atoms. The lowest BCUT2D eigenvalue weighted by Crippen LogP contribution is -2.01. The second kappa shape index (κ2) is 5.46. The first-order chi connectivity index (χ1) is 10.1. The number of nitrogens with two attached hydrogens (primary N) is 1. The quantitative estimate of drug-likeness (QED) is 0.784. The zero-order valence-corrected chi connectivity index (χ0v) is 12.9. The summed E-state index contributed by atoms with van der Waals surface area (Å²) in [6, 6.07) is 10.8. The van der Waals surface area contributed by atoms with Crippen LogP contribution in [0.15, 0.2) is 40.9 Å². The predicted molar refractivity (Wildman–Crippen MR) is 83.9 cm³/mol. The Balaban J connectivity index is 2.22. The van der Waals surface area contributed by atoms with Gasteiger partial charge in [0.15, 0.2) is 0 Å². The third-order valence-corrected chi connectivity index (χ3v) is 3.81. The maximum Gasteiger partial charge on any atom is 0.205 e. The van der Waals surface area contributed by atoms with Crippen molar-refractivity contribution in [3.05, 3.63) is 52.3 Å². The first kappa shape index (κ1) is 14.0. The van der Waals surface area contributed by atoms with Gasteiger partial charge in [-0.3, -0.25) is 4.57 Å². The highest BCUT2D eigenvalue weighted by Crippen LogP contribution is 2.28. The summed E-state index contributed by atoms with van der Waals surface area (Å²) >= 11 is 3.16. The van der Waals surface area contributed by atoms with Crippen LogP contribution in [0, 0.1) is 5.82 Å². The molecule has 0 radical (unpaired) electrons. The van der Waals surface area contributed by atoms with E-state index in [0.717, 1.165) is 11.3 Å². The van der Waals surface area contributed by atoms with Crippen LogP contribution in [0.4, 0.5) is 10.3 Å². The summed E-state index contributed by atoms with van der Waals surface area (Å²) in [5, 5.41) is 0. The third-order valence-electron chi connectivity index (χ3n) is 3.20. The van der Waals surface area contributed by atoms with Gasteiger partial charge in [0.1, 0.15) is 5.82 Å². The summed E-state index contributed by atoms with van der Waals surface area (Å²) < 4.78 is 21.0. The van der Waals surface area contributed by atoms with E-state index in [1.54, 1.807) is 17.7 Å². The number of hydrogen-bond acceptors (Lipinski definition) is 3. The highest BCUT2D eigenvalue weighted by atomic mass is 79.9. The molecule has 2 N–H and O–H groups in total. The minimum Gasteiger partial charge on any atom is -0.380 e. The number of nitrogens with zero attached hydrogens (tertiary/aromatic N) is 2. The van der Waals surface area contributed by atoms with E-state index >= 15 is 0 Å². The van der Waals surface area contributed by atoms with Gasteiger partial charge in [0.05, 0.1) is 22.1 Å². The van der Waals surface area contributed by atoms with Crippen LogP contribution < -0.4 is 5.73 Å². The molecule has 0 amide bonds. The topological polar surface area (TPSA) is 53.1 Å². The number of hydrogen-bond donors (Lipinski definition) is 1. The molecule has 0 aliphatic carbocycles. The molecule has 1 heterocycles. The zero-order chi connectivity index (χ0) is 15.0. The number of benzene rings is 2. The molecule has 0 atom stereocenters. The maximum absolute atomic E-state index is 13.8. The van der Waals surface area contributed by atoms with E-state index in [1.165, 1.54) is 6.07 Å². The number of imidazole rings is 1. The van der Waals surface area contributed by atoms with Gasteiger partial charge in [-0.25, -0.2) is 9.37 Å². The number of rotatable bonds is 3. The van der Waals surface area contributed by atoms with Crippen molar-refractivity contribution in [3.8, 4) is 5.69 Å². The van der Waals surface area contributed by atoms with E-state index in [2.05, 4.69) is 20.9 Å². The largest absolute Gasteiger partial charge is 0.380 e. The first-order valence-electron chi connectivity index (χ1n) is 6.31. The van der Waals surface area contributed by atoms with Crippen molar-refractivity contribution in [2.75, 3.05) is 12.8 Å². The van der Waals surface area contributed by atoms with Gasteiger partial charge in [-0.1, -0.05) is 12.1 Å². The summed E-state index contributed by atoms with van der Waals surface area (Å²) in [6.45, 7) is 0.500. The van der Waals surface area contributed by atoms with Crippen LogP contribution in [0.3, 0.4) is 0 Å². The molecule has 108 valence electrons. The molecule has 0 aliphatic heterocycles. The minimum absolute atomic E-state index is 0.317. The predicted octanol–water partition coefficient (Wildman–Crippen LogP) is 3.66. The number of halogens is 2. The number of nitrogen functional groups attached to an aromatic ring is 1. The number of anilines is 1. The zero-order valence-electron chi connectivity index (χ0n) is 11.3. The fraction of sp³-hybridized carbons (Fsp3) is 0.133. The molecule has 0 bridgehead atoms. The summed E-state index contributed by atoms with van der Waals surface area (Å²) in [7, 11) is 1.64. The minimum atomic E-state index is -0.350. The number of fused-ring (bicyclic) bond motifs is 1. The molecular formula is C15H13BrFN3O. The fourth-order valence-corrected chi connectivity index (χ4v) is 2.65. The first-order valence-corrected chi connectivity index (χ1v) is 7.10. The standard InChI is InChI=1S/C15H13BrFN3O/c1-21-8-9-3-2-4-10(5-9)20-14-7-12(17)11(16)6-13(14)19-15(20)18/h2-7H,8H2,1H3,(H2,18,19).